The van der Waals surface area contributed by atoms with Crippen molar-refractivity contribution in [3.63, 3.8) is 0 Å². The Morgan fingerprint density at radius 1 is 1.50 bits per heavy atom. The van der Waals surface area contributed by atoms with E-state index in [2.05, 4.69) is 23.9 Å². The number of likely N-dealkylation sites (tertiary alicyclic amines) is 1. The molecule has 0 spiro atoms. The predicted octanol–water partition coefficient (Wildman–Crippen LogP) is -0.155. The molecule has 2 rings (SSSR count). The molecule has 4 heteroatoms. The molecule has 2 saturated heterocycles. The van der Waals surface area contributed by atoms with E-state index in [4.69, 9.17) is 10.5 Å². The molecule has 0 aromatic heterocycles. The Bertz CT molecular complexity index is 225. The van der Waals surface area contributed by atoms with Crippen LogP contribution in [0.15, 0.2) is 0 Å². The first kappa shape index (κ1) is 12.3. The van der Waals surface area contributed by atoms with Crippen molar-refractivity contribution >= 4 is 0 Å². The number of hydrogen-bond donors (Lipinski definition) is 1. The van der Waals surface area contributed by atoms with Crippen LogP contribution in [0.5, 0.6) is 0 Å². The van der Waals surface area contributed by atoms with E-state index in [-0.39, 0.29) is 5.41 Å². The van der Waals surface area contributed by atoms with E-state index >= 15 is 0 Å². The summed E-state index contributed by atoms with van der Waals surface area (Å²) in [5.41, 5.74) is 6.08. The second kappa shape index (κ2) is 5.00. The molecule has 2 aliphatic rings. The van der Waals surface area contributed by atoms with Gasteiger partial charge in [0.05, 0.1) is 13.2 Å². The lowest BCUT2D eigenvalue weighted by atomic mass is 9.85. The van der Waals surface area contributed by atoms with E-state index in [1.807, 2.05) is 0 Å². The molecule has 2 fully saturated rings. The third-order valence-corrected chi connectivity index (χ3v) is 3.91. The topological polar surface area (TPSA) is 41.7 Å². The Balaban J connectivity index is 1.73. The van der Waals surface area contributed by atoms with Crippen LogP contribution in [0.2, 0.25) is 0 Å². The molecule has 0 aliphatic carbocycles. The van der Waals surface area contributed by atoms with Gasteiger partial charge in [-0.2, -0.15) is 0 Å². The molecule has 2 N–H and O–H groups in total. The Labute approximate surface area is 98.7 Å². The van der Waals surface area contributed by atoms with Gasteiger partial charge in [0.2, 0.25) is 0 Å². The lowest BCUT2D eigenvalue weighted by Gasteiger charge is -2.43. The van der Waals surface area contributed by atoms with Gasteiger partial charge in [-0.05, 0) is 33.0 Å². The smallest absolute Gasteiger partial charge is 0.0569 e. The predicted molar refractivity (Wildman–Crippen MR) is 65.4 cm³/mol. The van der Waals surface area contributed by atoms with Crippen molar-refractivity contribution in [3.8, 4) is 0 Å². The third-order valence-electron chi connectivity index (χ3n) is 3.91. The maximum Gasteiger partial charge on any atom is 0.0569 e. The number of nitrogens with zero attached hydrogens (tertiary/aromatic N) is 2. The third kappa shape index (κ3) is 2.74. The van der Waals surface area contributed by atoms with Crippen LogP contribution in [-0.4, -0.2) is 69.8 Å². The molecule has 0 saturated carbocycles. The van der Waals surface area contributed by atoms with Crippen LogP contribution in [-0.2, 0) is 4.74 Å². The highest BCUT2D eigenvalue weighted by Gasteiger charge is 2.38. The molecule has 2 aliphatic heterocycles. The van der Waals surface area contributed by atoms with Gasteiger partial charge in [-0.3, -0.25) is 0 Å². The van der Waals surface area contributed by atoms with Crippen LogP contribution in [0.25, 0.3) is 0 Å². The van der Waals surface area contributed by atoms with Crippen molar-refractivity contribution in [2.75, 3.05) is 60.0 Å². The zero-order valence-corrected chi connectivity index (χ0v) is 10.6. The van der Waals surface area contributed by atoms with Crippen LogP contribution < -0.4 is 5.73 Å². The van der Waals surface area contributed by atoms with E-state index < -0.39 is 0 Å². The minimum atomic E-state index is 0.249. The lowest BCUT2D eigenvalue weighted by Crippen LogP contribution is -2.55. The Hall–Kier alpha value is -0.160. The quantitative estimate of drug-likeness (QED) is 0.709. The molecule has 2 heterocycles. The molecule has 1 unspecified atom stereocenters. The number of rotatable bonds is 5. The summed E-state index contributed by atoms with van der Waals surface area (Å²) in [5, 5.41) is 0. The largest absolute Gasteiger partial charge is 0.380 e. The van der Waals surface area contributed by atoms with E-state index in [1.54, 1.807) is 0 Å². The SMILES string of the molecule is CN1CCC(CN(C)CC2(CN)COC2)C1. The molecule has 0 radical (unpaired) electrons. The first-order valence-electron chi connectivity index (χ1n) is 6.28. The number of nitrogens with two attached hydrogens (primary N) is 1. The molecule has 1 atom stereocenters. The van der Waals surface area contributed by atoms with E-state index in [0.717, 1.165) is 32.2 Å². The van der Waals surface area contributed by atoms with Gasteiger partial charge in [0.1, 0.15) is 0 Å². The highest BCUT2D eigenvalue weighted by molar-refractivity contribution is 4.89. The summed E-state index contributed by atoms with van der Waals surface area (Å²) >= 11 is 0. The van der Waals surface area contributed by atoms with Gasteiger partial charge < -0.3 is 20.3 Å². The van der Waals surface area contributed by atoms with Gasteiger partial charge in [-0.15, -0.1) is 0 Å². The lowest BCUT2D eigenvalue weighted by molar-refractivity contribution is -0.118. The van der Waals surface area contributed by atoms with Crippen molar-refractivity contribution in [2.45, 2.75) is 6.42 Å². The van der Waals surface area contributed by atoms with Gasteiger partial charge >= 0.3 is 0 Å². The highest BCUT2D eigenvalue weighted by Crippen LogP contribution is 2.27. The summed E-state index contributed by atoms with van der Waals surface area (Å²) in [6.45, 7) is 7.23. The summed E-state index contributed by atoms with van der Waals surface area (Å²) in [6, 6.07) is 0. The number of hydrogen-bond acceptors (Lipinski definition) is 4. The zero-order chi connectivity index (χ0) is 11.6. The molecule has 0 amide bonds. The van der Waals surface area contributed by atoms with Crippen LogP contribution in [0, 0.1) is 11.3 Å². The summed E-state index contributed by atoms with van der Waals surface area (Å²) < 4.78 is 5.30. The summed E-state index contributed by atoms with van der Waals surface area (Å²) in [7, 11) is 4.43. The fourth-order valence-electron chi connectivity index (χ4n) is 2.92. The Morgan fingerprint density at radius 3 is 2.69 bits per heavy atom. The molecule has 94 valence electrons. The highest BCUT2D eigenvalue weighted by atomic mass is 16.5. The average molecular weight is 227 g/mol. The Kier molecular flexibility index (Phi) is 3.85. The fraction of sp³-hybridized carbons (Fsp3) is 1.00. The molecule has 0 bridgehead atoms. The van der Waals surface area contributed by atoms with Gasteiger partial charge in [0.25, 0.3) is 0 Å². The van der Waals surface area contributed by atoms with Crippen LogP contribution in [0.3, 0.4) is 0 Å². The standard InChI is InChI=1S/C12H25N3O/c1-14-4-3-11(5-14)6-15(2)8-12(7-13)9-16-10-12/h11H,3-10,13H2,1-2H3. The summed E-state index contributed by atoms with van der Waals surface area (Å²) in [6.07, 6.45) is 1.34. The van der Waals surface area contributed by atoms with E-state index in [9.17, 15) is 0 Å². The average Bonchev–Trinajstić information content (AvgIpc) is 2.57. The molecule has 4 nitrogen and oxygen atoms in total. The maximum absolute atomic E-state index is 5.83. The Morgan fingerprint density at radius 2 is 2.25 bits per heavy atom. The zero-order valence-electron chi connectivity index (χ0n) is 10.6. The minimum Gasteiger partial charge on any atom is -0.380 e. The minimum absolute atomic E-state index is 0.249. The van der Waals surface area contributed by atoms with E-state index in [0.29, 0.717) is 0 Å². The van der Waals surface area contributed by atoms with Crippen molar-refractivity contribution in [1.82, 2.24) is 9.80 Å². The van der Waals surface area contributed by atoms with Crippen molar-refractivity contribution in [1.29, 1.82) is 0 Å². The van der Waals surface area contributed by atoms with Gasteiger partial charge in [0, 0.05) is 31.6 Å². The van der Waals surface area contributed by atoms with Crippen LogP contribution >= 0.6 is 0 Å². The monoisotopic (exact) mass is 227 g/mol. The molecular weight excluding hydrogens is 202 g/mol. The summed E-state index contributed by atoms with van der Waals surface area (Å²) in [4.78, 5) is 4.86. The van der Waals surface area contributed by atoms with Crippen LogP contribution in [0.4, 0.5) is 0 Å². The number of ether oxygens (including phenoxy) is 1. The maximum atomic E-state index is 5.83. The van der Waals surface area contributed by atoms with Crippen LogP contribution in [0.1, 0.15) is 6.42 Å². The van der Waals surface area contributed by atoms with Gasteiger partial charge in [-0.1, -0.05) is 0 Å². The fourth-order valence-corrected chi connectivity index (χ4v) is 2.92. The molecule has 0 aromatic rings. The normalized spacial score (nSPS) is 29.6. The van der Waals surface area contributed by atoms with Gasteiger partial charge in [-0.25, -0.2) is 0 Å². The van der Waals surface area contributed by atoms with Crippen molar-refractivity contribution < 1.29 is 4.74 Å². The molecular formula is C12H25N3O. The first-order chi connectivity index (χ1) is 7.63. The second-order valence-corrected chi connectivity index (χ2v) is 5.81. The van der Waals surface area contributed by atoms with E-state index in [1.165, 1.54) is 26.1 Å². The first-order valence-corrected chi connectivity index (χ1v) is 6.28. The van der Waals surface area contributed by atoms with Crippen molar-refractivity contribution in [2.24, 2.45) is 17.1 Å². The summed E-state index contributed by atoms with van der Waals surface area (Å²) in [5.74, 6) is 0.839. The van der Waals surface area contributed by atoms with Crippen molar-refractivity contribution in [3.05, 3.63) is 0 Å². The molecule has 0 aromatic carbocycles. The second-order valence-electron chi connectivity index (χ2n) is 5.81. The molecule has 16 heavy (non-hydrogen) atoms. The van der Waals surface area contributed by atoms with Gasteiger partial charge in [0.15, 0.2) is 0 Å².